The third-order valence-electron chi connectivity index (χ3n) is 2.29. The first-order valence-corrected chi connectivity index (χ1v) is 3.71. The van der Waals surface area contributed by atoms with E-state index in [1.165, 1.54) is 0 Å². The maximum atomic E-state index is 12.8. The Morgan fingerprint density at radius 3 is 1.90 bits per heavy atom. The molecule has 1 atom stereocenters. The molecule has 0 spiro atoms. The van der Waals surface area contributed by atoms with Gasteiger partial charge >= 0.3 is 0 Å². The molecule has 0 saturated heterocycles. The van der Waals surface area contributed by atoms with Crippen LogP contribution in [0.1, 0.15) is 33.6 Å². The van der Waals surface area contributed by atoms with Gasteiger partial charge in [0, 0.05) is 12.3 Å². The van der Waals surface area contributed by atoms with E-state index in [1.807, 2.05) is 13.8 Å². The lowest BCUT2D eigenvalue weighted by atomic mass is 9.91. The van der Waals surface area contributed by atoms with Crippen LogP contribution < -0.4 is 0 Å². The molecule has 0 bridgehead atoms. The highest BCUT2D eigenvalue weighted by molar-refractivity contribution is 4.91. The summed E-state index contributed by atoms with van der Waals surface area (Å²) in [6, 6.07) is 0. The maximum absolute atomic E-state index is 12.8. The largest absolute Gasteiger partial charge is 0.251 e. The first-order valence-electron chi connectivity index (χ1n) is 3.71. The van der Waals surface area contributed by atoms with Crippen LogP contribution in [-0.4, -0.2) is 5.92 Å². The monoisotopic (exact) mass is 148 g/mol. The Kier molecular flexibility index (Phi) is 1.53. The van der Waals surface area contributed by atoms with Gasteiger partial charge in [0.05, 0.1) is 0 Å². The lowest BCUT2D eigenvalue weighted by Gasteiger charge is -2.15. The van der Waals surface area contributed by atoms with E-state index in [0.717, 1.165) is 0 Å². The molecule has 2 heteroatoms. The van der Waals surface area contributed by atoms with Crippen LogP contribution in [0.3, 0.4) is 0 Å². The molecule has 1 aliphatic carbocycles. The highest BCUT2D eigenvalue weighted by atomic mass is 19.3. The van der Waals surface area contributed by atoms with Gasteiger partial charge in [0.15, 0.2) is 0 Å². The molecule has 0 unspecified atom stereocenters. The molecule has 60 valence electrons. The lowest BCUT2D eigenvalue weighted by molar-refractivity contribution is -0.0350. The molecule has 1 aliphatic rings. The fourth-order valence-electron chi connectivity index (χ4n) is 1.86. The van der Waals surface area contributed by atoms with E-state index in [1.54, 1.807) is 6.92 Å². The second-order valence-electron chi connectivity index (χ2n) is 4.21. The van der Waals surface area contributed by atoms with Gasteiger partial charge in [0.2, 0.25) is 0 Å². The summed E-state index contributed by atoms with van der Waals surface area (Å²) in [5.74, 6) is -2.84. The molecule has 0 nitrogen and oxygen atoms in total. The van der Waals surface area contributed by atoms with Crippen molar-refractivity contribution in [2.75, 3.05) is 0 Å². The molecule has 1 fully saturated rings. The molecule has 0 aromatic rings. The SMILES string of the molecule is C[C@H]1CC(C)(C)CC1(F)F. The van der Waals surface area contributed by atoms with Crippen molar-refractivity contribution in [1.29, 1.82) is 0 Å². The van der Waals surface area contributed by atoms with Gasteiger partial charge in [-0.15, -0.1) is 0 Å². The quantitative estimate of drug-likeness (QED) is 0.495. The van der Waals surface area contributed by atoms with Crippen LogP contribution in [0.2, 0.25) is 0 Å². The maximum Gasteiger partial charge on any atom is 0.251 e. The van der Waals surface area contributed by atoms with Crippen molar-refractivity contribution >= 4 is 0 Å². The van der Waals surface area contributed by atoms with Gasteiger partial charge in [-0.05, 0) is 11.8 Å². The minimum atomic E-state index is -2.41. The molecule has 0 heterocycles. The van der Waals surface area contributed by atoms with Crippen molar-refractivity contribution in [2.24, 2.45) is 11.3 Å². The zero-order chi connectivity index (χ0) is 7.99. The summed E-state index contributed by atoms with van der Waals surface area (Å²) in [5.41, 5.74) is -0.150. The summed E-state index contributed by atoms with van der Waals surface area (Å²) in [6.07, 6.45) is 0.709. The van der Waals surface area contributed by atoms with Crippen LogP contribution >= 0.6 is 0 Å². The van der Waals surface area contributed by atoms with Crippen molar-refractivity contribution < 1.29 is 8.78 Å². The third kappa shape index (κ3) is 1.30. The summed E-state index contributed by atoms with van der Waals surface area (Å²) >= 11 is 0. The van der Waals surface area contributed by atoms with Gasteiger partial charge in [-0.1, -0.05) is 20.8 Å². The van der Waals surface area contributed by atoms with Crippen molar-refractivity contribution in [1.82, 2.24) is 0 Å². The summed E-state index contributed by atoms with van der Waals surface area (Å²) in [6.45, 7) is 5.45. The van der Waals surface area contributed by atoms with Crippen LogP contribution in [-0.2, 0) is 0 Å². The standard InChI is InChI=1S/C8H14F2/c1-6-4-7(2,3)5-8(6,9)10/h6H,4-5H2,1-3H3/t6-/m0/s1. The second kappa shape index (κ2) is 1.93. The predicted octanol–water partition coefficient (Wildman–Crippen LogP) is 3.08. The van der Waals surface area contributed by atoms with Gasteiger partial charge < -0.3 is 0 Å². The zero-order valence-corrected chi connectivity index (χ0v) is 6.75. The van der Waals surface area contributed by atoms with Crippen LogP contribution in [0, 0.1) is 11.3 Å². The minimum Gasteiger partial charge on any atom is -0.207 e. The van der Waals surface area contributed by atoms with E-state index in [4.69, 9.17) is 0 Å². The molecule has 1 rings (SSSR count). The Labute approximate surface area is 60.6 Å². The van der Waals surface area contributed by atoms with Crippen LogP contribution in [0.25, 0.3) is 0 Å². The summed E-state index contributed by atoms with van der Waals surface area (Å²) in [7, 11) is 0. The van der Waals surface area contributed by atoms with Crippen molar-refractivity contribution in [2.45, 2.75) is 39.5 Å². The highest BCUT2D eigenvalue weighted by Crippen LogP contribution is 2.50. The number of rotatable bonds is 0. The average molecular weight is 148 g/mol. The fraction of sp³-hybridized carbons (Fsp3) is 1.00. The second-order valence-corrected chi connectivity index (χ2v) is 4.21. The Morgan fingerprint density at radius 1 is 1.30 bits per heavy atom. The van der Waals surface area contributed by atoms with E-state index in [0.29, 0.717) is 6.42 Å². The van der Waals surface area contributed by atoms with E-state index in [2.05, 4.69) is 0 Å². The normalized spacial score (nSPS) is 36.3. The molecule has 1 saturated carbocycles. The summed E-state index contributed by atoms with van der Waals surface area (Å²) < 4.78 is 25.7. The van der Waals surface area contributed by atoms with Crippen molar-refractivity contribution in [3.8, 4) is 0 Å². The van der Waals surface area contributed by atoms with E-state index < -0.39 is 11.8 Å². The van der Waals surface area contributed by atoms with Crippen LogP contribution in [0.4, 0.5) is 8.78 Å². The zero-order valence-electron chi connectivity index (χ0n) is 6.75. The molecular formula is C8H14F2. The van der Waals surface area contributed by atoms with Gasteiger partial charge in [-0.2, -0.15) is 0 Å². The van der Waals surface area contributed by atoms with Gasteiger partial charge in [-0.3, -0.25) is 0 Å². The topological polar surface area (TPSA) is 0 Å². The fourth-order valence-corrected chi connectivity index (χ4v) is 1.86. The third-order valence-corrected chi connectivity index (χ3v) is 2.29. The molecule has 0 aromatic carbocycles. The number of halogens is 2. The number of alkyl halides is 2. The van der Waals surface area contributed by atoms with Crippen molar-refractivity contribution in [3.05, 3.63) is 0 Å². The van der Waals surface area contributed by atoms with E-state index >= 15 is 0 Å². The molecule has 10 heavy (non-hydrogen) atoms. The van der Waals surface area contributed by atoms with E-state index in [-0.39, 0.29) is 11.8 Å². The Balaban J connectivity index is 2.71. The lowest BCUT2D eigenvalue weighted by Crippen LogP contribution is -2.19. The Hall–Kier alpha value is -0.140. The Bertz CT molecular complexity index is 138. The average Bonchev–Trinajstić information content (AvgIpc) is 1.73. The first-order chi connectivity index (χ1) is 4.33. The van der Waals surface area contributed by atoms with Crippen LogP contribution in [0.5, 0.6) is 0 Å². The number of hydrogen-bond donors (Lipinski definition) is 0. The molecule has 0 radical (unpaired) electrons. The van der Waals surface area contributed by atoms with E-state index in [9.17, 15) is 8.78 Å². The van der Waals surface area contributed by atoms with Crippen molar-refractivity contribution in [3.63, 3.8) is 0 Å². The predicted molar refractivity (Wildman–Crippen MR) is 37.1 cm³/mol. The minimum absolute atomic E-state index is 0.0567. The highest BCUT2D eigenvalue weighted by Gasteiger charge is 2.49. The molecule has 0 aromatic heterocycles. The molecule has 0 amide bonds. The number of hydrogen-bond acceptors (Lipinski definition) is 0. The van der Waals surface area contributed by atoms with Gasteiger partial charge in [0.25, 0.3) is 5.92 Å². The molecule has 0 aliphatic heterocycles. The van der Waals surface area contributed by atoms with Crippen LogP contribution in [0.15, 0.2) is 0 Å². The smallest absolute Gasteiger partial charge is 0.207 e. The molecular weight excluding hydrogens is 134 g/mol. The van der Waals surface area contributed by atoms with Gasteiger partial charge in [-0.25, -0.2) is 8.78 Å². The summed E-state index contributed by atoms with van der Waals surface area (Å²) in [4.78, 5) is 0. The molecule has 0 N–H and O–H groups in total. The summed E-state index contributed by atoms with van der Waals surface area (Å²) in [5, 5.41) is 0. The first kappa shape index (κ1) is 7.96. The Morgan fingerprint density at radius 2 is 1.80 bits per heavy atom. The van der Waals surface area contributed by atoms with Gasteiger partial charge in [0.1, 0.15) is 0 Å².